The fraction of sp³-hybridized carbons (Fsp3) is 0.111. The minimum Gasteiger partial charge on any atom is -0.768 e. The number of carbonyl (C=O) groups is 1. The van der Waals surface area contributed by atoms with E-state index in [1.165, 1.54) is 22.9 Å². The van der Waals surface area contributed by atoms with Gasteiger partial charge in [-0.05, 0) is 53.4 Å². The molecular formula is C18H15FN3O3S-. The number of aryl methyl sites for hydroxylation is 1. The second kappa shape index (κ2) is 7.59. The van der Waals surface area contributed by atoms with Crippen LogP contribution in [-0.4, -0.2) is 24.4 Å². The van der Waals surface area contributed by atoms with Crippen molar-refractivity contribution in [1.29, 1.82) is 0 Å². The van der Waals surface area contributed by atoms with Gasteiger partial charge in [-0.25, -0.2) is 9.07 Å². The lowest BCUT2D eigenvalue weighted by atomic mass is 10.1. The number of nitrogens with zero attached hydrogens (tertiary/aromatic N) is 2. The van der Waals surface area contributed by atoms with Crippen molar-refractivity contribution in [2.45, 2.75) is 18.2 Å². The molecule has 1 N–H and O–H groups in total. The fourth-order valence-corrected chi connectivity index (χ4v) is 3.03. The third-order valence-corrected chi connectivity index (χ3v) is 4.38. The summed E-state index contributed by atoms with van der Waals surface area (Å²) in [7, 11) is 0. The molecule has 0 fully saturated rings. The Bertz CT molecular complexity index is 987. The maximum Gasteiger partial charge on any atom is 0.228 e. The molecule has 134 valence electrons. The van der Waals surface area contributed by atoms with Crippen molar-refractivity contribution in [2.75, 3.05) is 5.32 Å². The highest BCUT2D eigenvalue weighted by molar-refractivity contribution is 7.79. The van der Waals surface area contributed by atoms with Crippen LogP contribution in [0.2, 0.25) is 0 Å². The monoisotopic (exact) mass is 372 g/mol. The number of hydrogen-bond donors (Lipinski definition) is 1. The van der Waals surface area contributed by atoms with Crippen LogP contribution in [0.1, 0.15) is 11.1 Å². The average molecular weight is 372 g/mol. The van der Waals surface area contributed by atoms with Gasteiger partial charge in [0.15, 0.2) is 0 Å². The summed E-state index contributed by atoms with van der Waals surface area (Å²) in [6.07, 6.45) is 3.16. The summed E-state index contributed by atoms with van der Waals surface area (Å²) >= 11 is -2.52. The molecule has 0 saturated heterocycles. The van der Waals surface area contributed by atoms with Crippen molar-refractivity contribution in [3.63, 3.8) is 0 Å². The van der Waals surface area contributed by atoms with Gasteiger partial charge in [0.1, 0.15) is 5.82 Å². The SMILES string of the molecule is Cc1cnn(-c2ccc(NC(=O)Cc3ccccc3F)cc2S(=O)[O-])c1. The van der Waals surface area contributed by atoms with E-state index in [2.05, 4.69) is 10.4 Å². The van der Waals surface area contributed by atoms with E-state index in [9.17, 15) is 17.9 Å². The van der Waals surface area contributed by atoms with Crippen LogP contribution in [0.4, 0.5) is 10.1 Å². The molecule has 8 heteroatoms. The summed E-state index contributed by atoms with van der Waals surface area (Å²) in [6.45, 7) is 1.84. The summed E-state index contributed by atoms with van der Waals surface area (Å²) in [5, 5.41) is 6.69. The maximum absolute atomic E-state index is 13.6. The first kappa shape index (κ1) is 18.0. The quantitative estimate of drug-likeness (QED) is 0.698. The number of rotatable bonds is 5. The van der Waals surface area contributed by atoms with Gasteiger partial charge in [0.05, 0.1) is 23.2 Å². The molecule has 0 saturated carbocycles. The van der Waals surface area contributed by atoms with E-state index in [4.69, 9.17) is 0 Å². The van der Waals surface area contributed by atoms with Crippen LogP contribution in [-0.2, 0) is 22.3 Å². The van der Waals surface area contributed by atoms with Gasteiger partial charge in [-0.1, -0.05) is 18.2 Å². The maximum atomic E-state index is 13.6. The Balaban J connectivity index is 1.82. The highest BCUT2D eigenvalue weighted by Gasteiger charge is 2.11. The molecule has 1 aromatic heterocycles. The van der Waals surface area contributed by atoms with Gasteiger partial charge >= 0.3 is 0 Å². The molecular weight excluding hydrogens is 357 g/mol. The Morgan fingerprint density at radius 2 is 2.08 bits per heavy atom. The molecule has 1 atom stereocenters. The van der Waals surface area contributed by atoms with Crippen molar-refractivity contribution in [3.8, 4) is 5.69 Å². The zero-order chi connectivity index (χ0) is 18.7. The van der Waals surface area contributed by atoms with E-state index in [0.29, 0.717) is 11.4 Å². The number of carbonyl (C=O) groups excluding carboxylic acids is 1. The molecule has 2 aromatic carbocycles. The number of nitrogens with one attached hydrogen (secondary N) is 1. The molecule has 0 aliphatic heterocycles. The van der Waals surface area contributed by atoms with Gasteiger partial charge in [0.2, 0.25) is 5.91 Å². The van der Waals surface area contributed by atoms with E-state index >= 15 is 0 Å². The van der Waals surface area contributed by atoms with Crippen LogP contribution in [0.3, 0.4) is 0 Å². The molecule has 1 heterocycles. The van der Waals surface area contributed by atoms with E-state index in [0.717, 1.165) is 5.56 Å². The standard InChI is InChI=1S/C18H16FN3O3S/c1-12-10-20-22(11-12)16-7-6-14(9-17(16)26(24)25)21-18(23)8-13-4-2-3-5-15(13)19/h2-7,9-11H,8H2,1H3,(H,21,23)(H,24,25)/p-1. The molecule has 0 aliphatic carbocycles. The Kier molecular flexibility index (Phi) is 5.24. The number of hydrogen-bond acceptors (Lipinski definition) is 4. The second-order valence-electron chi connectivity index (χ2n) is 5.70. The van der Waals surface area contributed by atoms with Crippen LogP contribution in [0.15, 0.2) is 59.8 Å². The topological polar surface area (TPSA) is 87.0 Å². The summed E-state index contributed by atoms with van der Waals surface area (Å²) in [5.74, 6) is -0.909. The van der Waals surface area contributed by atoms with Gasteiger partial charge < -0.3 is 9.87 Å². The van der Waals surface area contributed by atoms with Crippen LogP contribution in [0.25, 0.3) is 5.69 Å². The molecule has 26 heavy (non-hydrogen) atoms. The third-order valence-electron chi connectivity index (χ3n) is 3.69. The molecule has 0 spiro atoms. The van der Waals surface area contributed by atoms with E-state index in [-0.39, 0.29) is 16.9 Å². The number of aromatic nitrogens is 2. The predicted octanol–water partition coefficient (Wildman–Crippen LogP) is 2.74. The smallest absolute Gasteiger partial charge is 0.228 e. The van der Waals surface area contributed by atoms with Crippen molar-refractivity contribution >= 4 is 22.7 Å². The van der Waals surface area contributed by atoms with Gasteiger partial charge in [0, 0.05) is 11.9 Å². The lowest BCUT2D eigenvalue weighted by Crippen LogP contribution is -2.15. The second-order valence-corrected chi connectivity index (χ2v) is 6.61. The van der Waals surface area contributed by atoms with Crippen LogP contribution >= 0.6 is 0 Å². The van der Waals surface area contributed by atoms with Crippen LogP contribution in [0, 0.1) is 12.7 Å². The highest BCUT2D eigenvalue weighted by Crippen LogP contribution is 2.22. The lowest BCUT2D eigenvalue weighted by molar-refractivity contribution is -0.115. The van der Waals surface area contributed by atoms with Crippen LogP contribution < -0.4 is 5.32 Å². The van der Waals surface area contributed by atoms with E-state index < -0.39 is 22.8 Å². The molecule has 1 unspecified atom stereocenters. The molecule has 3 rings (SSSR count). The van der Waals surface area contributed by atoms with Crippen molar-refractivity contribution in [3.05, 3.63) is 71.8 Å². The third kappa shape index (κ3) is 4.04. The minimum atomic E-state index is -2.52. The summed E-state index contributed by atoms with van der Waals surface area (Å²) < 4.78 is 38.2. The lowest BCUT2D eigenvalue weighted by Gasteiger charge is -2.14. The van der Waals surface area contributed by atoms with E-state index in [1.54, 1.807) is 36.7 Å². The number of benzene rings is 2. The number of halogens is 1. The first-order valence-electron chi connectivity index (χ1n) is 7.72. The minimum absolute atomic E-state index is 0.00297. The molecule has 6 nitrogen and oxygen atoms in total. The summed E-state index contributed by atoms with van der Waals surface area (Å²) in [4.78, 5) is 12.1. The zero-order valence-corrected chi connectivity index (χ0v) is 14.6. The molecule has 0 aliphatic rings. The number of anilines is 1. The Labute approximate surface area is 152 Å². The Hall–Kier alpha value is -2.84. The first-order chi connectivity index (χ1) is 12.4. The molecule has 1 amide bonds. The predicted molar refractivity (Wildman–Crippen MR) is 94.2 cm³/mol. The van der Waals surface area contributed by atoms with Crippen molar-refractivity contribution < 1.29 is 17.9 Å². The largest absolute Gasteiger partial charge is 0.768 e. The van der Waals surface area contributed by atoms with Crippen LogP contribution in [0.5, 0.6) is 0 Å². The van der Waals surface area contributed by atoms with E-state index in [1.807, 2.05) is 6.92 Å². The molecule has 0 bridgehead atoms. The van der Waals surface area contributed by atoms with Gasteiger partial charge in [-0.2, -0.15) is 5.10 Å². The summed E-state index contributed by atoms with van der Waals surface area (Å²) in [6, 6.07) is 10.5. The van der Waals surface area contributed by atoms with Gasteiger partial charge in [-0.3, -0.25) is 9.00 Å². The molecule has 3 aromatic rings. The van der Waals surface area contributed by atoms with Crippen molar-refractivity contribution in [2.24, 2.45) is 0 Å². The summed E-state index contributed by atoms with van der Waals surface area (Å²) in [5.41, 5.74) is 1.83. The highest BCUT2D eigenvalue weighted by atomic mass is 32.2. The zero-order valence-electron chi connectivity index (χ0n) is 13.8. The normalized spacial score (nSPS) is 12.0. The Morgan fingerprint density at radius 1 is 1.31 bits per heavy atom. The number of amides is 1. The fourth-order valence-electron chi connectivity index (χ4n) is 2.48. The van der Waals surface area contributed by atoms with Gasteiger partial charge in [-0.15, -0.1) is 0 Å². The van der Waals surface area contributed by atoms with Crippen molar-refractivity contribution in [1.82, 2.24) is 9.78 Å². The Morgan fingerprint density at radius 3 is 2.73 bits per heavy atom. The molecule has 0 radical (unpaired) electrons. The van der Waals surface area contributed by atoms with Gasteiger partial charge in [0.25, 0.3) is 0 Å². The average Bonchev–Trinajstić information content (AvgIpc) is 3.03. The first-order valence-corrected chi connectivity index (χ1v) is 8.80.